The minimum atomic E-state index is 0.711. The topological polar surface area (TPSA) is 33.3 Å². The van der Waals surface area contributed by atoms with E-state index in [0.717, 1.165) is 32.7 Å². The number of rotatable bonds is 7. The van der Waals surface area contributed by atoms with Crippen molar-refractivity contribution in [2.24, 2.45) is 0 Å². The molecule has 0 aliphatic carbocycles. The number of ether oxygens (including phenoxy) is 1. The van der Waals surface area contributed by atoms with Crippen LogP contribution in [0.1, 0.15) is 18.9 Å². The van der Waals surface area contributed by atoms with Crippen LogP contribution >= 0.6 is 23.6 Å². The van der Waals surface area contributed by atoms with Crippen LogP contribution in [0.15, 0.2) is 16.8 Å². The Bertz CT molecular complexity index is 288. The Kier molecular flexibility index (Phi) is 7.12. The summed E-state index contributed by atoms with van der Waals surface area (Å²) in [6.07, 6.45) is 0.980. The number of hydrogen-bond acceptors (Lipinski definition) is 3. The van der Waals surface area contributed by atoms with Crippen LogP contribution in [0.3, 0.4) is 0 Å². The minimum Gasteiger partial charge on any atom is -0.382 e. The third kappa shape index (κ3) is 6.05. The number of nitrogens with one attached hydrogen (secondary N) is 2. The SMILES string of the molecule is CCOCCCNC(=S)NCc1ccsc1. The summed E-state index contributed by atoms with van der Waals surface area (Å²) in [7, 11) is 0. The Balaban J connectivity index is 1.99. The largest absolute Gasteiger partial charge is 0.382 e. The quantitative estimate of drug-likeness (QED) is 0.580. The Morgan fingerprint density at radius 1 is 1.50 bits per heavy atom. The van der Waals surface area contributed by atoms with E-state index in [4.69, 9.17) is 17.0 Å². The van der Waals surface area contributed by atoms with Crippen LogP contribution in [0.4, 0.5) is 0 Å². The number of thiocarbonyl (C=S) groups is 1. The molecule has 0 aromatic carbocycles. The van der Waals surface area contributed by atoms with Crippen LogP contribution in [0.2, 0.25) is 0 Å². The smallest absolute Gasteiger partial charge is 0.166 e. The molecule has 0 aliphatic rings. The fraction of sp³-hybridized carbons (Fsp3) is 0.545. The average molecular weight is 258 g/mol. The first-order valence-corrected chi connectivity index (χ1v) is 6.78. The number of thiophene rings is 1. The molecule has 90 valence electrons. The second kappa shape index (κ2) is 8.50. The molecule has 0 spiro atoms. The van der Waals surface area contributed by atoms with Gasteiger partial charge >= 0.3 is 0 Å². The van der Waals surface area contributed by atoms with Crippen molar-refractivity contribution in [2.45, 2.75) is 19.9 Å². The molecular formula is C11H18N2OS2. The monoisotopic (exact) mass is 258 g/mol. The zero-order valence-electron chi connectivity index (χ0n) is 9.49. The van der Waals surface area contributed by atoms with E-state index in [1.807, 2.05) is 6.92 Å². The standard InChI is InChI=1S/C11H18N2OS2/c1-2-14-6-3-5-12-11(15)13-8-10-4-7-16-9-10/h4,7,9H,2-3,5-6,8H2,1H3,(H2,12,13,15). The summed E-state index contributed by atoms with van der Waals surface area (Å²) in [6.45, 7) is 5.22. The molecule has 1 heterocycles. The average Bonchev–Trinajstić information content (AvgIpc) is 2.79. The molecule has 0 unspecified atom stereocenters. The molecule has 1 rings (SSSR count). The van der Waals surface area contributed by atoms with Gasteiger partial charge in [-0.1, -0.05) is 0 Å². The second-order valence-electron chi connectivity index (χ2n) is 3.29. The molecule has 0 aliphatic heterocycles. The summed E-state index contributed by atoms with van der Waals surface area (Å²) in [6, 6.07) is 2.09. The van der Waals surface area contributed by atoms with Crippen LogP contribution in [0.25, 0.3) is 0 Å². The predicted octanol–water partition coefficient (Wildman–Crippen LogP) is 2.14. The normalized spacial score (nSPS) is 10.1. The lowest BCUT2D eigenvalue weighted by Gasteiger charge is -2.09. The molecular weight excluding hydrogens is 240 g/mol. The fourth-order valence-electron chi connectivity index (χ4n) is 1.16. The van der Waals surface area contributed by atoms with Gasteiger partial charge in [0.15, 0.2) is 5.11 Å². The first-order chi connectivity index (χ1) is 7.83. The van der Waals surface area contributed by atoms with Gasteiger partial charge in [0, 0.05) is 26.3 Å². The van der Waals surface area contributed by atoms with E-state index in [1.54, 1.807) is 11.3 Å². The molecule has 0 fully saturated rings. The summed E-state index contributed by atoms with van der Waals surface area (Å²) in [4.78, 5) is 0. The van der Waals surface area contributed by atoms with E-state index in [9.17, 15) is 0 Å². The summed E-state index contributed by atoms with van der Waals surface area (Å²) in [5.41, 5.74) is 1.27. The van der Waals surface area contributed by atoms with Gasteiger partial charge in [-0.3, -0.25) is 0 Å². The highest BCUT2D eigenvalue weighted by molar-refractivity contribution is 7.80. The zero-order chi connectivity index (χ0) is 11.6. The van der Waals surface area contributed by atoms with Gasteiger partial charge in [-0.2, -0.15) is 11.3 Å². The zero-order valence-corrected chi connectivity index (χ0v) is 11.1. The third-order valence-corrected chi connectivity index (χ3v) is 3.01. The van der Waals surface area contributed by atoms with Gasteiger partial charge in [0.2, 0.25) is 0 Å². The van der Waals surface area contributed by atoms with Crippen molar-refractivity contribution in [1.29, 1.82) is 0 Å². The van der Waals surface area contributed by atoms with Crippen molar-refractivity contribution < 1.29 is 4.74 Å². The molecule has 0 radical (unpaired) electrons. The van der Waals surface area contributed by atoms with Gasteiger partial charge in [-0.25, -0.2) is 0 Å². The highest BCUT2D eigenvalue weighted by Crippen LogP contribution is 2.04. The van der Waals surface area contributed by atoms with Crippen molar-refractivity contribution in [3.8, 4) is 0 Å². The van der Waals surface area contributed by atoms with Crippen molar-refractivity contribution in [3.63, 3.8) is 0 Å². The number of hydrogen-bond donors (Lipinski definition) is 2. The fourth-order valence-corrected chi connectivity index (χ4v) is 2.00. The van der Waals surface area contributed by atoms with Crippen LogP contribution < -0.4 is 10.6 Å². The van der Waals surface area contributed by atoms with E-state index in [1.165, 1.54) is 5.56 Å². The van der Waals surface area contributed by atoms with Crippen molar-refractivity contribution in [2.75, 3.05) is 19.8 Å². The molecule has 0 saturated carbocycles. The lowest BCUT2D eigenvalue weighted by Crippen LogP contribution is -2.35. The molecule has 5 heteroatoms. The second-order valence-corrected chi connectivity index (χ2v) is 4.48. The highest BCUT2D eigenvalue weighted by Gasteiger charge is 1.96. The van der Waals surface area contributed by atoms with Crippen LogP contribution in [0.5, 0.6) is 0 Å². The molecule has 0 amide bonds. The maximum absolute atomic E-state index is 5.23. The van der Waals surface area contributed by atoms with E-state index in [2.05, 4.69) is 27.5 Å². The Hall–Kier alpha value is -0.650. The first kappa shape index (κ1) is 13.4. The van der Waals surface area contributed by atoms with Crippen molar-refractivity contribution >= 4 is 28.7 Å². The third-order valence-electron chi connectivity index (χ3n) is 1.99. The Labute approximate surface area is 106 Å². The minimum absolute atomic E-state index is 0.711. The molecule has 1 aromatic heterocycles. The van der Waals surface area contributed by atoms with Gasteiger partial charge in [-0.05, 0) is 48.0 Å². The van der Waals surface area contributed by atoms with Gasteiger partial charge in [0.1, 0.15) is 0 Å². The molecule has 3 nitrogen and oxygen atoms in total. The summed E-state index contributed by atoms with van der Waals surface area (Å²) < 4.78 is 5.23. The highest BCUT2D eigenvalue weighted by atomic mass is 32.1. The van der Waals surface area contributed by atoms with Crippen molar-refractivity contribution in [3.05, 3.63) is 22.4 Å². The molecule has 0 atom stereocenters. The summed E-state index contributed by atoms with van der Waals surface area (Å²) >= 11 is 6.84. The van der Waals surface area contributed by atoms with Crippen molar-refractivity contribution in [1.82, 2.24) is 10.6 Å². The van der Waals surface area contributed by atoms with Crippen LogP contribution in [-0.4, -0.2) is 24.9 Å². The van der Waals surface area contributed by atoms with Gasteiger partial charge in [-0.15, -0.1) is 0 Å². The van der Waals surface area contributed by atoms with Gasteiger partial charge in [0.25, 0.3) is 0 Å². The summed E-state index contributed by atoms with van der Waals surface area (Å²) in [5, 5.41) is 11.2. The molecule has 2 N–H and O–H groups in total. The molecule has 0 bridgehead atoms. The van der Waals surface area contributed by atoms with Crippen LogP contribution in [-0.2, 0) is 11.3 Å². The van der Waals surface area contributed by atoms with E-state index in [0.29, 0.717) is 5.11 Å². The van der Waals surface area contributed by atoms with E-state index >= 15 is 0 Å². The maximum atomic E-state index is 5.23. The molecule has 16 heavy (non-hydrogen) atoms. The Morgan fingerprint density at radius 2 is 2.38 bits per heavy atom. The Morgan fingerprint density at radius 3 is 3.06 bits per heavy atom. The van der Waals surface area contributed by atoms with E-state index < -0.39 is 0 Å². The van der Waals surface area contributed by atoms with Gasteiger partial charge < -0.3 is 15.4 Å². The van der Waals surface area contributed by atoms with Gasteiger partial charge in [0.05, 0.1) is 0 Å². The summed E-state index contributed by atoms with van der Waals surface area (Å²) in [5.74, 6) is 0. The van der Waals surface area contributed by atoms with E-state index in [-0.39, 0.29) is 0 Å². The molecule has 1 aromatic rings. The maximum Gasteiger partial charge on any atom is 0.166 e. The van der Waals surface area contributed by atoms with Crippen LogP contribution in [0, 0.1) is 0 Å². The first-order valence-electron chi connectivity index (χ1n) is 5.43. The predicted molar refractivity (Wildman–Crippen MR) is 72.9 cm³/mol. The lowest BCUT2D eigenvalue weighted by molar-refractivity contribution is 0.145. The molecule has 0 saturated heterocycles. The lowest BCUT2D eigenvalue weighted by atomic mass is 10.3.